The summed E-state index contributed by atoms with van der Waals surface area (Å²) in [5.41, 5.74) is 2.99. The molecule has 0 saturated heterocycles. The Morgan fingerprint density at radius 1 is 0.950 bits per heavy atom. The van der Waals surface area contributed by atoms with E-state index in [1.54, 1.807) is 12.1 Å². The Morgan fingerprint density at radius 2 is 1.70 bits per heavy atom. The first-order valence-electron chi connectivity index (χ1n) is 6.39. The van der Waals surface area contributed by atoms with Crippen molar-refractivity contribution in [1.82, 2.24) is 9.97 Å². The van der Waals surface area contributed by atoms with Crippen LogP contribution in [0.4, 0.5) is 0 Å². The molecule has 0 bridgehead atoms. The molecule has 0 aliphatic heterocycles. The van der Waals surface area contributed by atoms with Crippen molar-refractivity contribution in [2.75, 3.05) is 0 Å². The second kappa shape index (κ2) is 5.39. The summed E-state index contributed by atoms with van der Waals surface area (Å²) in [6.45, 7) is 2.13. The normalized spacial score (nSPS) is 10.9. The molecule has 3 aromatic rings. The second-order valence-corrected chi connectivity index (χ2v) is 5.34. The Kier molecular flexibility index (Phi) is 3.60. The summed E-state index contributed by atoms with van der Waals surface area (Å²) in [7, 11) is 0. The van der Waals surface area contributed by atoms with E-state index < -0.39 is 0 Å². The summed E-state index contributed by atoms with van der Waals surface area (Å²) in [6.07, 6.45) is 1.01. The van der Waals surface area contributed by atoms with Crippen molar-refractivity contribution < 1.29 is 0 Å². The molecule has 0 radical (unpaired) electrons. The predicted molar refractivity (Wildman–Crippen MR) is 84.4 cm³/mol. The average Bonchev–Trinajstić information content (AvgIpc) is 2.46. The molecule has 0 atom stereocenters. The van der Waals surface area contributed by atoms with Crippen molar-refractivity contribution in [2.45, 2.75) is 13.3 Å². The Hall–Kier alpha value is -1.64. The maximum Gasteiger partial charge on any atom is 0.161 e. The molecule has 2 aromatic carbocycles. The topological polar surface area (TPSA) is 25.8 Å². The number of hydrogen-bond acceptors (Lipinski definition) is 2. The van der Waals surface area contributed by atoms with Crippen molar-refractivity contribution in [3.63, 3.8) is 0 Å². The van der Waals surface area contributed by atoms with E-state index >= 15 is 0 Å². The lowest BCUT2D eigenvalue weighted by molar-refractivity contribution is 1.14. The first-order chi connectivity index (χ1) is 9.67. The number of benzene rings is 2. The minimum absolute atomic E-state index is 0.446. The largest absolute Gasteiger partial charge is 0.228 e. The molecular weight excluding hydrogens is 291 g/mol. The minimum atomic E-state index is 0.446. The fourth-order valence-corrected chi connectivity index (χ4v) is 2.49. The van der Waals surface area contributed by atoms with Crippen LogP contribution in [0.15, 0.2) is 42.5 Å². The van der Waals surface area contributed by atoms with Crippen LogP contribution in [0.3, 0.4) is 0 Å². The molecule has 1 aromatic heterocycles. The maximum atomic E-state index is 6.23. The summed E-state index contributed by atoms with van der Waals surface area (Å²) < 4.78 is 0. The molecule has 4 heteroatoms. The standard InChI is InChI=1S/C16H12Cl2N2/c1-2-10-3-5-11(6-4-10)16-19-14-9-12(17)7-8-13(14)15(18)20-16/h3-9H,2H2,1H3. The summed E-state index contributed by atoms with van der Waals surface area (Å²) >= 11 is 12.2. The van der Waals surface area contributed by atoms with Crippen LogP contribution in [-0.2, 0) is 6.42 Å². The third-order valence-corrected chi connectivity index (χ3v) is 3.76. The zero-order valence-electron chi connectivity index (χ0n) is 10.9. The highest BCUT2D eigenvalue weighted by Gasteiger charge is 2.08. The van der Waals surface area contributed by atoms with Gasteiger partial charge in [-0.2, -0.15) is 0 Å². The quantitative estimate of drug-likeness (QED) is 0.611. The molecule has 0 aliphatic rings. The van der Waals surface area contributed by atoms with Gasteiger partial charge in [0.2, 0.25) is 0 Å². The fraction of sp³-hybridized carbons (Fsp3) is 0.125. The Bertz CT molecular complexity index is 767. The van der Waals surface area contributed by atoms with E-state index in [1.807, 2.05) is 18.2 Å². The van der Waals surface area contributed by atoms with E-state index in [2.05, 4.69) is 29.0 Å². The number of aryl methyl sites for hydroxylation is 1. The third kappa shape index (κ3) is 2.49. The lowest BCUT2D eigenvalue weighted by Gasteiger charge is -2.05. The predicted octanol–water partition coefficient (Wildman–Crippen LogP) is 5.17. The molecule has 0 aliphatic carbocycles. The molecule has 20 heavy (non-hydrogen) atoms. The number of halogens is 2. The molecule has 100 valence electrons. The SMILES string of the molecule is CCc1ccc(-c2nc(Cl)c3ccc(Cl)cc3n2)cc1. The summed E-state index contributed by atoms with van der Waals surface area (Å²) in [6, 6.07) is 13.6. The van der Waals surface area contributed by atoms with Gasteiger partial charge in [-0.1, -0.05) is 54.4 Å². The highest BCUT2D eigenvalue weighted by atomic mass is 35.5. The van der Waals surface area contributed by atoms with Crippen LogP contribution in [0, 0.1) is 0 Å². The van der Waals surface area contributed by atoms with Gasteiger partial charge < -0.3 is 0 Å². The van der Waals surface area contributed by atoms with Crippen molar-refractivity contribution in [3.8, 4) is 11.4 Å². The van der Waals surface area contributed by atoms with E-state index in [0.717, 1.165) is 22.9 Å². The summed E-state index contributed by atoms with van der Waals surface area (Å²) in [4.78, 5) is 8.91. The first-order valence-corrected chi connectivity index (χ1v) is 7.15. The molecule has 0 spiro atoms. The van der Waals surface area contributed by atoms with Gasteiger partial charge in [0.15, 0.2) is 5.82 Å². The number of aromatic nitrogens is 2. The zero-order valence-corrected chi connectivity index (χ0v) is 12.4. The van der Waals surface area contributed by atoms with E-state index in [0.29, 0.717) is 16.0 Å². The molecule has 0 saturated carbocycles. The maximum absolute atomic E-state index is 6.23. The van der Waals surface area contributed by atoms with Gasteiger partial charge in [0.25, 0.3) is 0 Å². The smallest absolute Gasteiger partial charge is 0.161 e. The van der Waals surface area contributed by atoms with Crippen LogP contribution in [0.2, 0.25) is 10.2 Å². The lowest BCUT2D eigenvalue weighted by atomic mass is 10.1. The molecule has 1 heterocycles. The van der Waals surface area contributed by atoms with Gasteiger partial charge in [0.1, 0.15) is 5.15 Å². The molecule has 0 N–H and O–H groups in total. The third-order valence-electron chi connectivity index (χ3n) is 3.23. The van der Waals surface area contributed by atoms with Gasteiger partial charge in [0.05, 0.1) is 5.52 Å². The Morgan fingerprint density at radius 3 is 2.40 bits per heavy atom. The minimum Gasteiger partial charge on any atom is -0.228 e. The zero-order chi connectivity index (χ0) is 14.1. The van der Waals surface area contributed by atoms with E-state index in [1.165, 1.54) is 5.56 Å². The number of hydrogen-bond donors (Lipinski definition) is 0. The van der Waals surface area contributed by atoms with Crippen LogP contribution < -0.4 is 0 Å². The molecule has 3 rings (SSSR count). The summed E-state index contributed by atoms with van der Waals surface area (Å²) in [5.74, 6) is 0.618. The van der Waals surface area contributed by atoms with Crippen LogP contribution in [-0.4, -0.2) is 9.97 Å². The molecule has 0 fully saturated rings. The van der Waals surface area contributed by atoms with Crippen molar-refractivity contribution in [2.24, 2.45) is 0 Å². The van der Waals surface area contributed by atoms with E-state index in [9.17, 15) is 0 Å². The number of fused-ring (bicyclic) bond motifs is 1. The Balaban J connectivity index is 2.15. The van der Waals surface area contributed by atoms with Gasteiger partial charge in [0, 0.05) is 16.0 Å². The van der Waals surface area contributed by atoms with Crippen LogP contribution in [0.1, 0.15) is 12.5 Å². The van der Waals surface area contributed by atoms with Crippen molar-refractivity contribution in [1.29, 1.82) is 0 Å². The molecule has 2 nitrogen and oxygen atoms in total. The van der Waals surface area contributed by atoms with Crippen LogP contribution in [0.25, 0.3) is 22.3 Å². The second-order valence-electron chi connectivity index (χ2n) is 4.55. The van der Waals surface area contributed by atoms with E-state index in [-0.39, 0.29) is 0 Å². The highest BCUT2D eigenvalue weighted by molar-refractivity contribution is 6.35. The number of rotatable bonds is 2. The highest BCUT2D eigenvalue weighted by Crippen LogP contribution is 2.27. The van der Waals surface area contributed by atoms with Crippen molar-refractivity contribution >= 4 is 34.1 Å². The fourth-order valence-electron chi connectivity index (χ4n) is 2.08. The first kappa shape index (κ1) is 13.3. The van der Waals surface area contributed by atoms with Gasteiger partial charge >= 0.3 is 0 Å². The molecule has 0 amide bonds. The van der Waals surface area contributed by atoms with Crippen molar-refractivity contribution in [3.05, 3.63) is 58.2 Å². The van der Waals surface area contributed by atoms with E-state index in [4.69, 9.17) is 23.2 Å². The summed E-state index contributed by atoms with van der Waals surface area (Å²) in [5, 5.41) is 1.89. The van der Waals surface area contributed by atoms with Gasteiger partial charge in [-0.05, 0) is 30.2 Å². The average molecular weight is 303 g/mol. The molecular formula is C16H12Cl2N2. The number of nitrogens with zero attached hydrogens (tertiary/aromatic N) is 2. The molecule has 0 unspecified atom stereocenters. The van der Waals surface area contributed by atoms with Crippen LogP contribution >= 0.6 is 23.2 Å². The Labute approximate surface area is 127 Å². The van der Waals surface area contributed by atoms with Crippen LogP contribution in [0.5, 0.6) is 0 Å². The monoisotopic (exact) mass is 302 g/mol. The van der Waals surface area contributed by atoms with Gasteiger partial charge in [-0.3, -0.25) is 0 Å². The lowest BCUT2D eigenvalue weighted by Crippen LogP contribution is -1.92. The van der Waals surface area contributed by atoms with Gasteiger partial charge in [-0.15, -0.1) is 0 Å². The van der Waals surface area contributed by atoms with Gasteiger partial charge in [-0.25, -0.2) is 9.97 Å².